The van der Waals surface area contributed by atoms with E-state index >= 15 is 0 Å². The fourth-order valence-corrected chi connectivity index (χ4v) is 2.54. The van der Waals surface area contributed by atoms with Gasteiger partial charge in [-0.3, -0.25) is 4.79 Å². The van der Waals surface area contributed by atoms with Gasteiger partial charge in [-0.05, 0) is 42.8 Å². The second kappa shape index (κ2) is 7.64. The molecule has 0 aliphatic rings. The average Bonchev–Trinajstić information content (AvgIpc) is 2.53. The van der Waals surface area contributed by atoms with Crippen LogP contribution in [0.25, 0.3) is 0 Å². The van der Waals surface area contributed by atoms with Crippen molar-refractivity contribution in [2.75, 3.05) is 13.7 Å². The van der Waals surface area contributed by atoms with Gasteiger partial charge in [0.05, 0.1) is 23.3 Å². The van der Waals surface area contributed by atoms with Crippen molar-refractivity contribution in [3.8, 4) is 5.75 Å². The van der Waals surface area contributed by atoms with Gasteiger partial charge in [0.15, 0.2) is 0 Å². The molecular formula is C18H19ClFNO3. The van der Waals surface area contributed by atoms with E-state index in [9.17, 15) is 14.3 Å². The fraction of sp³-hybridized carbons (Fsp3) is 0.278. The van der Waals surface area contributed by atoms with Crippen LogP contribution in [0.2, 0.25) is 5.02 Å². The van der Waals surface area contributed by atoms with Gasteiger partial charge in [0.1, 0.15) is 11.6 Å². The van der Waals surface area contributed by atoms with Gasteiger partial charge in [0.2, 0.25) is 0 Å². The number of carbonyl (C=O) groups is 1. The van der Waals surface area contributed by atoms with Crippen LogP contribution in [0.3, 0.4) is 0 Å². The summed E-state index contributed by atoms with van der Waals surface area (Å²) >= 11 is 5.86. The Bertz CT molecular complexity index is 717. The molecule has 0 bridgehead atoms. The van der Waals surface area contributed by atoms with Gasteiger partial charge in [-0.2, -0.15) is 0 Å². The predicted molar refractivity (Wildman–Crippen MR) is 91.1 cm³/mol. The number of hydrogen-bond donors (Lipinski definition) is 2. The van der Waals surface area contributed by atoms with Crippen LogP contribution in [0.1, 0.15) is 22.8 Å². The molecule has 1 atom stereocenters. The lowest BCUT2D eigenvalue weighted by Gasteiger charge is -2.24. The van der Waals surface area contributed by atoms with Gasteiger partial charge in [-0.25, -0.2) is 4.39 Å². The number of rotatable bonds is 6. The maximum Gasteiger partial charge on any atom is 0.252 e. The molecule has 4 nitrogen and oxygen atoms in total. The molecule has 0 heterocycles. The number of nitrogens with one attached hydrogen (secondary N) is 1. The molecule has 24 heavy (non-hydrogen) atoms. The van der Waals surface area contributed by atoms with E-state index < -0.39 is 17.3 Å². The molecule has 2 aromatic carbocycles. The molecule has 128 valence electrons. The van der Waals surface area contributed by atoms with Crippen molar-refractivity contribution in [3.05, 3.63) is 64.4 Å². The minimum absolute atomic E-state index is 0.0299. The quantitative estimate of drug-likeness (QED) is 0.840. The van der Waals surface area contributed by atoms with Crippen LogP contribution in [0.5, 0.6) is 5.75 Å². The maximum atomic E-state index is 13.0. The number of methoxy groups -OCH3 is 1. The highest BCUT2D eigenvalue weighted by Gasteiger charge is 2.23. The van der Waals surface area contributed by atoms with Crippen molar-refractivity contribution in [3.63, 3.8) is 0 Å². The van der Waals surface area contributed by atoms with Crippen LogP contribution >= 0.6 is 11.6 Å². The first kappa shape index (κ1) is 18.2. The molecule has 0 aliphatic heterocycles. The molecule has 0 saturated carbocycles. The highest BCUT2D eigenvalue weighted by molar-refractivity contribution is 6.33. The Kier molecular flexibility index (Phi) is 5.80. The molecule has 2 rings (SSSR count). The van der Waals surface area contributed by atoms with Crippen LogP contribution in [0.4, 0.5) is 4.39 Å². The molecular weight excluding hydrogens is 333 g/mol. The minimum Gasteiger partial charge on any atom is -0.497 e. The van der Waals surface area contributed by atoms with Crippen molar-refractivity contribution in [2.24, 2.45) is 0 Å². The number of amides is 1. The molecule has 0 saturated heterocycles. The molecule has 1 amide bonds. The van der Waals surface area contributed by atoms with E-state index in [1.54, 1.807) is 14.0 Å². The fourth-order valence-electron chi connectivity index (χ4n) is 2.29. The average molecular weight is 352 g/mol. The summed E-state index contributed by atoms with van der Waals surface area (Å²) in [6.07, 6.45) is 0.356. The van der Waals surface area contributed by atoms with Crippen molar-refractivity contribution in [2.45, 2.75) is 18.9 Å². The lowest BCUT2D eigenvalue weighted by atomic mass is 9.96. The number of ether oxygens (including phenoxy) is 1. The van der Waals surface area contributed by atoms with Crippen LogP contribution in [-0.4, -0.2) is 30.3 Å². The Labute approximate surface area is 145 Å². The topological polar surface area (TPSA) is 58.6 Å². The predicted octanol–water partition coefficient (Wildman–Crippen LogP) is 3.21. The number of hydrogen-bond acceptors (Lipinski definition) is 3. The summed E-state index contributed by atoms with van der Waals surface area (Å²) in [6, 6.07) is 10.9. The van der Waals surface area contributed by atoms with E-state index in [1.165, 1.54) is 6.07 Å². The van der Waals surface area contributed by atoms with Gasteiger partial charge in [-0.15, -0.1) is 0 Å². The number of aliphatic hydroxyl groups is 1. The molecule has 6 heteroatoms. The molecule has 0 aliphatic carbocycles. The van der Waals surface area contributed by atoms with Crippen molar-refractivity contribution in [1.82, 2.24) is 5.32 Å². The highest BCUT2D eigenvalue weighted by Crippen LogP contribution is 2.19. The highest BCUT2D eigenvalue weighted by atomic mass is 35.5. The first-order chi connectivity index (χ1) is 11.3. The Morgan fingerprint density at radius 3 is 2.54 bits per heavy atom. The second-order valence-electron chi connectivity index (χ2n) is 5.83. The summed E-state index contributed by atoms with van der Waals surface area (Å²) in [6.45, 7) is 1.66. The van der Waals surface area contributed by atoms with E-state index in [4.69, 9.17) is 16.3 Å². The summed E-state index contributed by atoms with van der Waals surface area (Å²) in [5.74, 6) is -0.240. The Morgan fingerprint density at radius 2 is 1.96 bits per heavy atom. The summed E-state index contributed by atoms with van der Waals surface area (Å²) in [7, 11) is 1.58. The third kappa shape index (κ3) is 4.94. The lowest BCUT2D eigenvalue weighted by Crippen LogP contribution is -2.42. The zero-order valence-corrected chi connectivity index (χ0v) is 14.2. The van der Waals surface area contributed by atoms with E-state index in [1.807, 2.05) is 24.3 Å². The third-order valence-electron chi connectivity index (χ3n) is 3.55. The second-order valence-corrected chi connectivity index (χ2v) is 6.24. The number of halogens is 2. The first-order valence-corrected chi connectivity index (χ1v) is 7.77. The summed E-state index contributed by atoms with van der Waals surface area (Å²) in [5.41, 5.74) is -0.0651. The summed E-state index contributed by atoms with van der Waals surface area (Å²) in [5, 5.41) is 13.1. The standard InChI is InChI=1S/C18H19ClFNO3/c1-18(23,10-12-3-6-14(24-2)7-4-12)11-21-17(22)15-8-5-13(20)9-16(15)19/h3-9,23H,10-11H2,1-2H3,(H,21,22). The first-order valence-electron chi connectivity index (χ1n) is 7.39. The van der Waals surface area contributed by atoms with Crippen LogP contribution < -0.4 is 10.1 Å². The van der Waals surface area contributed by atoms with Crippen molar-refractivity contribution < 1.29 is 19.0 Å². The normalized spacial score (nSPS) is 13.2. The monoisotopic (exact) mass is 351 g/mol. The lowest BCUT2D eigenvalue weighted by molar-refractivity contribution is 0.0552. The Morgan fingerprint density at radius 1 is 1.29 bits per heavy atom. The van der Waals surface area contributed by atoms with Gasteiger partial charge >= 0.3 is 0 Å². The van der Waals surface area contributed by atoms with Crippen molar-refractivity contribution >= 4 is 17.5 Å². The summed E-state index contributed by atoms with van der Waals surface area (Å²) < 4.78 is 18.1. The van der Waals surface area contributed by atoms with Gasteiger partial charge in [0.25, 0.3) is 5.91 Å². The molecule has 0 fully saturated rings. The molecule has 0 spiro atoms. The molecule has 1 unspecified atom stereocenters. The van der Waals surface area contributed by atoms with E-state index in [-0.39, 0.29) is 17.1 Å². The zero-order valence-electron chi connectivity index (χ0n) is 13.5. The van der Waals surface area contributed by atoms with E-state index in [0.29, 0.717) is 6.42 Å². The molecule has 0 radical (unpaired) electrons. The third-order valence-corrected chi connectivity index (χ3v) is 3.86. The maximum absolute atomic E-state index is 13.0. The minimum atomic E-state index is -1.14. The van der Waals surface area contributed by atoms with Crippen LogP contribution in [0.15, 0.2) is 42.5 Å². The number of carbonyl (C=O) groups excluding carboxylic acids is 1. The van der Waals surface area contributed by atoms with Crippen LogP contribution in [-0.2, 0) is 6.42 Å². The van der Waals surface area contributed by atoms with E-state index in [0.717, 1.165) is 23.4 Å². The van der Waals surface area contributed by atoms with Gasteiger partial charge < -0.3 is 15.2 Å². The van der Waals surface area contributed by atoms with E-state index in [2.05, 4.69) is 5.32 Å². The molecule has 2 aromatic rings. The molecule has 0 aromatic heterocycles. The SMILES string of the molecule is COc1ccc(CC(C)(O)CNC(=O)c2ccc(F)cc2Cl)cc1. The van der Waals surface area contributed by atoms with Crippen LogP contribution in [0, 0.1) is 5.82 Å². The zero-order chi connectivity index (χ0) is 17.7. The summed E-state index contributed by atoms with van der Waals surface area (Å²) in [4.78, 5) is 12.1. The smallest absolute Gasteiger partial charge is 0.252 e. The van der Waals surface area contributed by atoms with Gasteiger partial charge in [-0.1, -0.05) is 23.7 Å². The number of benzene rings is 2. The Hall–Kier alpha value is -2.11. The largest absolute Gasteiger partial charge is 0.497 e. The van der Waals surface area contributed by atoms with Gasteiger partial charge in [0, 0.05) is 13.0 Å². The van der Waals surface area contributed by atoms with Crippen molar-refractivity contribution in [1.29, 1.82) is 0 Å². The molecule has 2 N–H and O–H groups in total. The Balaban J connectivity index is 1.96.